The predicted octanol–water partition coefficient (Wildman–Crippen LogP) is 5.69. The summed E-state index contributed by atoms with van der Waals surface area (Å²) in [6.45, 7) is 10.1. The first-order valence-electron chi connectivity index (χ1n) is 7.03. The highest BCUT2D eigenvalue weighted by atomic mass is 79.9. The zero-order valence-electron chi connectivity index (χ0n) is 12.1. The molecule has 18 heavy (non-hydrogen) atoms. The van der Waals surface area contributed by atoms with Gasteiger partial charge in [0, 0.05) is 10.9 Å². The molecule has 0 aromatic carbocycles. The van der Waals surface area contributed by atoms with Crippen LogP contribution in [0.1, 0.15) is 62.9 Å². The molecule has 0 amide bonds. The summed E-state index contributed by atoms with van der Waals surface area (Å²) in [5, 5.41) is 3.69. The molecule has 0 aliphatic heterocycles. The lowest BCUT2D eigenvalue weighted by Crippen LogP contribution is -2.21. The lowest BCUT2D eigenvalue weighted by molar-refractivity contribution is 0.452. The summed E-state index contributed by atoms with van der Waals surface area (Å²) in [4.78, 5) is 1.48. The standard InChI is InChI=1S/C15H26BrNS/c1-5-9-17-13(8-6-7-11(2)3)14-10-12(4)15(16)18-14/h10-11,13,17H,5-9H2,1-4H3. The molecule has 1 aromatic rings. The molecule has 0 saturated carbocycles. The topological polar surface area (TPSA) is 12.0 Å². The highest BCUT2D eigenvalue weighted by Crippen LogP contribution is 2.33. The first-order valence-corrected chi connectivity index (χ1v) is 8.64. The van der Waals surface area contributed by atoms with E-state index < -0.39 is 0 Å². The quantitative estimate of drug-likeness (QED) is 0.645. The first kappa shape index (κ1) is 16.2. The van der Waals surface area contributed by atoms with Crippen LogP contribution in [0.15, 0.2) is 9.85 Å². The maximum Gasteiger partial charge on any atom is 0.0731 e. The summed E-state index contributed by atoms with van der Waals surface area (Å²) in [5.41, 5.74) is 1.36. The fourth-order valence-corrected chi connectivity index (χ4v) is 3.73. The van der Waals surface area contributed by atoms with Gasteiger partial charge in [-0.05, 0) is 59.8 Å². The van der Waals surface area contributed by atoms with Crippen LogP contribution in [-0.2, 0) is 0 Å². The molecule has 0 spiro atoms. The molecule has 3 heteroatoms. The van der Waals surface area contributed by atoms with Crippen LogP contribution in [0, 0.1) is 12.8 Å². The average Bonchev–Trinajstić information content (AvgIpc) is 2.63. The van der Waals surface area contributed by atoms with Gasteiger partial charge in [0.25, 0.3) is 0 Å². The molecule has 0 bridgehead atoms. The van der Waals surface area contributed by atoms with E-state index in [1.165, 1.54) is 39.9 Å². The smallest absolute Gasteiger partial charge is 0.0731 e. The molecule has 1 nitrogen and oxygen atoms in total. The SMILES string of the molecule is CCCNC(CCCC(C)C)c1cc(C)c(Br)s1. The Morgan fingerprint density at radius 3 is 2.56 bits per heavy atom. The van der Waals surface area contributed by atoms with E-state index in [0.717, 1.165) is 12.5 Å². The Balaban J connectivity index is 2.59. The van der Waals surface area contributed by atoms with E-state index in [1.54, 1.807) is 0 Å². The zero-order chi connectivity index (χ0) is 13.5. The average molecular weight is 332 g/mol. The van der Waals surface area contributed by atoms with E-state index in [0.29, 0.717) is 6.04 Å². The zero-order valence-corrected chi connectivity index (χ0v) is 14.5. The maximum absolute atomic E-state index is 3.69. The molecule has 0 saturated heterocycles. The summed E-state index contributed by atoms with van der Waals surface area (Å²) in [6, 6.07) is 2.87. The number of rotatable bonds is 8. The minimum atomic E-state index is 0.540. The van der Waals surface area contributed by atoms with E-state index in [1.807, 2.05) is 11.3 Å². The van der Waals surface area contributed by atoms with Gasteiger partial charge in [0.2, 0.25) is 0 Å². The molecule has 0 fully saturated rings. The van der Waals surface area contributed by atoms with Crippen LogP contribution in [-0.4, -0.2) is 6.54 Å². The molecular weight excluding hydrogens is 306 g/mol. The van der Waals surface area contributed by atoms with Gasteiger partial charge in [-0.15, -0.1) is 11.3 Å². The Morgan fingerprint density at radius 2 is 2.06 bits per heavy atom. The van der Waals surface area contributed by atoms with Gasteiger partial charge in [0.05, 0.1) is 3.79 Å². The lowest BCUT2D eigenvalue weighted by Gasteiger charge is -2.17. The largest absolute Gasteiger partial charge is 0.309 e. The maximum atomic E-state index is 3.69. The molecule has 1 aromatic heterocycles. The van der Waals surface area contributed by atoms with Crippen LogP contribution in [0.3, 0.4) is 0 Å². The lowest BCUT2D eigenvalue weighted by atomic mass is 10.0. The summed E-state index contributed by atoms with van der Waals surface area (Å²) >= 11 is 5.52. The molecule has 1 rings (SSSR count). The number of nitrogens with one attached hydrogen (secondary N) is 1. The third kappa shape index (κ3) is 5.41. The Labute approximate surface area is 125 Å². The molecule has 1 unspecified atom stereocenters. The third-order valence-corrected chi connectivity index (χ3v) is 5.38. The highest BCUT2D eigenvalue weighted by molar-refractivity contribution is 9.11. The Kier molecular flexibility index (Phi) is 7.50. The minimum Gasteiger partial charge on any atom is -0.309 e. The minimum absolute atomic E-state index is 0.540. The van der Waals surface area contributed by atoms with Gasteiger partial charge in [0.15, 0.2) is 0 Å². The first-order chi connectivity index (χ1) is 8.54. The van der Waals surface area contributed by atoms with Crippen LogP contribution >= 0.6 is 27.3 Å². The fourth-order valence-electron chi connectivity index (χ4n) is 2.05. The third-order valence-electron chi connectivity index (χ3n) is 3.13. The van der Waals surface area contributed by atoms with Gasteiger partial charge >= 0.3 is 0 Å². The molecule has 0 aliphatic carbocycles. The Morgan fingerprint density at radius 1 is 1.33 bits per heavy atom. The van der Waals surface area contributed by atoms with Crippen molar-refractivity contribution in [3.05, 3.63) is 20.3 Å². The molecule has 0 radical (unpaired) electrons. The number of aryl methyl sites for hydroxylation is 1. The molecular formula is C15H26BrNS. The summed E-state index contributed by atoms with van der Waals surface area (Å²) in [7, 11) is 0. The molecule has 1 N–H and O–H groups in total. The molecule has 104 valence electrons. The van der Waals surface area contributed by atoms with Crippen molar-refractivity contribution < 1.29 is 0 Å². The van der Waals surface area contributed by atoms with Crippen molar-refractivity contribution >= 4 is 27.3 Å². The highest BCUT2D eigenvalue weighted by Gasteiger charge is 2.14. The van der Waals surface area contributed by atoms with Crippen LogP contribution in [0.25, 0.3) is 0 Å². The summed E-state index contributed by atoms with van der Waals surface area (Å²) < 4.78 is 1.28. The van der Waals surface area contributed by atoms with Gasteiger partial charge in [-0.1, -0.05) is 33.6 Å². The number of halogens is 1. The Bertz CT molecular complexity index is 327. The van der Waals surface area contributed by atoms with E-state index in [9.17, 15) is 0 Å². The second kappa shape index (κ2) is 8.34. The van der Waals surface area contributed by atoms with Crippen LogP contribution in [0.4, 0.5) is 0 Å². The number of hydrogen-bond acceptors (Lipinski definition) is 2. The van der Waals surface area contributed by atoms with Crippen molar-refractivity contribution in [2.75, 3.05) is 6.54 Å². The van der Waals surface area contributed by atoms with Crippen LogP contribution < -0.4 is 5.32 Å². The van der Waals surface area contributed by atoms with Crippen molar-refractivity contribution in [2.24, 2.45) is 5.92 Å². The predicted molar refractivity (Wildman–Crippen MR) is 86.5 cm³/mol. The molecule has 1 heterocycles. The molecule has 0 aliphatic rings. The van der Waals surface area contributed by atoms with Crippen molar-refractivity contribution in [3.8, 4) is 0 Å². The second-order valence-corrected chi connectivity index (χ2v) is 7.84. The number of hydrogen-bond donors (Lipinski definition) is 1. The summed E-state index contributed by atoms with van der Waals surface area (Å²) in [6.07, 6.45) is 5.10. The van der Waals surface area contributed by atoms with Crippen LogP contribution in [0.2, 0.25) is 0 Å². The van der Waals surface area contributed by atoms with Gasteiger partial charge in [-0.3, -0.25) is 0 Å². The van der Waals surface area contributed by atoms with Gasteiger partial charge in [-0.25, -0.2) is 0 Å². The summed E-state index contributed by atoms with van der Waals surface area (Å²) in [5.74, 6) is 0.814. The van der Waals surface area contributed by atoms with Gasteiger partial charge in [-0.2, -0.15) is 0 Å². The van der Waals surface area contributed by atoms with Crippen molar-refractivity contribution in [2.45, 2.75) is 59.4 Å². The van der Waals surface area contributed by atoms with Crippen molar-refractivity contribution in [3.63, 3.8) is 0 Å². The second-order valence-electron chi connectivity index (χ2n) is 5.44. The van der Waals surface area contributed by atoms with Crippen molar-refractivity contribution in [1.82, 2.24) is 5.32 Å². The van der Waals surface area contributed by atoms with Gasteiger partial charge in [0.1, 0.15) is 0 Å². The van der Waals surface area contributed by atoms with E-state index in [2.05, 4.69) is 55.0 Å². The Hall–Kier alpha value is 0.140. The van der Waals surface area contributed by atoms with Crippen molar-refractivity contribution in [1.29, 1.82) is 0 Å². The molecule has 1 atom stereocenters. The normalized spacial score (nSPS) is 13.2. The van der Waals surface area contributed by atoms with E-state index in [4.69, 9.17) is 0 Å². The van der Waals surface area contributed by atoms with E-state index >= 15 is 0 Å². The number of thiophene rings is 1. The fraction of sp³-hybridized carbons (Fsp3) is 0.733. The van der Waals surface area contributed by atoms with E-state index in [-0.39, 0.29) is 0 Å². The van der Waals surface area contributed by atoms with Crippen LogP contribution in [0.5, 0.6) is 0 Å². The van der Waals surface area contributed by atoms with Gasteiger partial charge < -0.3 is 5.32 Å². The monoisotopic (exact) mass is 331 g/mol.